The van der Waals surface area contributed by atoms with E-state index in [0.717, 1.165) is 0 Å². The Morgan fingerprint density at radius 1 is 0.568 bits per heavy atom. The summed E-state index contributed by atoms with van der Waals surface area (Å²) in [6.45, 7) is 0. The van der Waals surface area contributed by atoms with Gasteiger partial charge in [0, 0.05) is 18.6 Å². The summed E-state index contributed by atoms with van der Waals surface area (Å²) >= 11 is 0. The quantitative estimate of drug-likeness (QED) is 0.223. The van der Waals surface area contributed by atoms with Crippen molar-refractivity contribution in [2.24, 2.45) is 0 Å². The van der Waals surface area contributed by atoms with Crippen LogP contribution in [0.4, 0.5) is 11.4 Å². The van der Waals surface area contributed by atoms with Crippen molar-refractivity contribution < 1.29 is 44.2 Å². The van der Waals surface area contributed by atoms with Crippen molar-refractivity contribution in [1.29, 1.82) is 0 Å². The number of fused-ring (bicyclic) bond motifs is 2. The van der Waals surface area contributed by atoms with Crippen LogP contribution in [0.2, 0.25) is 0 Å². The van der Waals surface area contributed by atoms with Gasteiger partial charge in [-0.1, -0.05) is 12.1 Å². The van der Waals surface area contributed by atoms with E-state index in [0.29, 0.717) is 11.1 Å². The van der Waals surface area contributed by atoms with Crippen molar-refractivity contribution in [2.75, 3.05) is 37.9 Å². The predicted octanol–water partition coefficient (Wildman–Crippen LogP) is 4.06. The number of rotatable bonds is 10. The number of hydrogen-bond donors (Lipinski definition) is 2. The lowest BCUT2D eigenvalue weighted by Crippen LogP contribution is -2.18. The molecule has 0 aromatic heterocycles. The van der Waals surface area contributed by atoms with Crippen LogP contribution in [0, 0.1) is 0 Å². The minimum absolute atomic E-state index is 0.00243. The summed E-state index contributed by atoms with van der Waals surface area (Å²) in [4.78, 5) is -0.626. The summed E-state index contributed by atoms with van der Waals surface area (Å²) in [6, 6.07) is 17.0. The van der Waals surface area contributed by atoms with Crippen LogP contribution in [-0.4, -0.2) is 53.7 Å². The molecule has 0 amide bonds. The lowest BCUT2D eigenvalue weighted by Gasteiger charge is -2.22. The second-order valence-corrected chi connectivity index (χ2v) is 14.8. The molecule has 1 aliphatic rings. The van der Waals surface area contributed by atoms with E-state index in [-0.39, 0.29) is 60.4 Å². The van der Waals surface area contributed by atoms with Crippen molar-refractivity contribution in [2.45, 2.75) is 26.0 Å². The third-order valence-corrected chi connectivity index (χ3v) is 11.6. The van der Waals surface area contributed by atoms with Crippen LogP contribution < -0.4 is 28.4 Å². The van der Waals surface area contributed by atoms with E-state index in [1.807, 2.05) is 0 Å². The molecule has 44 heavy (non-hydrogen) atoms. The Balaban J connectivity index is 1.48. The van der Waals surface area contributed by atoms with Gasteiger partial charge in [0.05, 0.1) is 49.6 Å². The van der Waals surface area contributed by atoms with Crippen molar-refractivity contribution >= 4 is 41.3 Å². The lowest BCUT2D eigenvalue weighted by molar-refractivity contribution is 0.392. The Hall–Kier alpha value is -4.47. The average molecular weight is 661 g/mol. The molecule has 5 rings (SSSR count). The fourth-order valence-electron chi connectivity index (χ4n) is 4.76. The van der Waals surface area contributed by atoms with Gasteiger partial charge < -0.3 is 18.9 Å². The fourth-order valence-corrected chi connectivity index (χ4v) is 9.00. The molecule has 0 fully saturated rings. The number of nitrogens with one attached hydrogen (secondary N) is 2. The second kappa shape index (κ2) is 11.6. The van der Waals surface area contributed by atoms with Crippen LogP contribution in [0.3, 0.4) is 0 Å². The van der Waals surface area contributed by atoms with E-state index in [1.165, 1.54) is 89.1 Å². The zero-order valence-electron chi connectivity index (χ0n) is 23.9. The number of sulfone groups is 1. The van der Waals surface area contributed by atoms with E-state index >= 15 is 0 Å². The van der Waals surface area contributed by atoms with E-state index in [1.54, 1.807) is 12.1 Å². The molecular weight excluding hydrogens is 633 g/mol. The largest absolute Gasteiger partial charge is 0.497 e. The molecule has 1 aliphatic heterocycles. The summed E-state index contributed by atoms with van der Waals surface area (Å²) in [5, 5.41) is 0. The molecule has 1 heterocycles. The van der Waals surface area contributed by atoms with Crippen LogP contribution in [0.1, 0.15) is 11.1 Å². The predicted molar refractivity (Wildman–Crippen MR) is 162 cm³/mol. The van der Waals surface area contributed by atoms with Gasteiger partial charge in [0.15, 0.2) is 0 Å². The van der Waals surface area contributed by atoms with Crippen LogP contribution in [0.25, 0.3) is 0 Å². The first-order valence-corrected chi connectivity index (χ1v) is 17.3. The molecule has 4 aromatic rings. The molecule has 0 radical (unpaired) electrons. The molecule has 4 aromatic carbocycles. The van der Waals surface area contributed by atoms with Gasteiger partial charge in [-0.05, 0) is 59.7 Å². The first-order valence-electron chi connectivity index (χ1n) is 12.8. The van der Waals surface area contributed by atoms with Gasteiger partial charge >= 0.3 is 0 Å². The van der Waals surface area contributed by atoms with Gasteiger partial charge in [-0.25, -0.2) is 25.3 Å². The van der Waals surface area contributed by atoms with Gasteiger partial charge in [-0.3, -0.25) is 9.44 Å². The number of ether oxygens (including phenoxy) is 4. The highest BCUT2D eigenvalue weighted by molar-refractivity contribution is 7.93. The first kappa shape index (κ1) is 31.0. The molecule has 0 aliphatic carbocycles. The monoisotopic (exact) mass is 660 g/mol. The third kappa shape index (κ3) is 5.73. The summed E-state index contributed by atoms with van der Waals surface area (Å²) in [5.41, 5.74) is 0.910. The summed E-state index contributed by atoms with van der Waals surface area (Å²) in [5.74, 6) is 0.706. The van der Waals surface area contributed by atoms with Crippen molar-refractivity contribution in [1.82, 2.24) is 0 Å². The SMILES string of the molecule is COc1ccc(OC)c(S(=O)(=O)Nc2ccc3c(c2)S(=O)(=O)c2cc(NS(=O)(=O)c4cc(OC)ccc4OC)ccc2C3)c1. The van der Waals surface area contributed by atoms with Gasteiger partial charge in [-0.2, -0.15) is 0 Å². The van der Waals surface area contributed by atoms with E-state index in [4.69, 9.17) is 18.9 Å². The maximum Gasteiger partial charge on any atom is 0.265 e. The Kier molecular flexibility index (Phi) is 8.13. The van der Waals surface area contributed by atoms with Gasteiger partial charge in [0.25, 0.3) is 20.0 Å². The molecule has 0 saturated heterocycles. The standard InChI is InChI=1S/C29H28N2O10S3/c1-38-22-9-11-24(40-3)28(16-22)43(34,35)30-20-7-5-18-13-19-6-8-21(15-27(19)42(32,33)26(18)14-20)31-44(36,37)29-17-23(39-2)10-12-25(29)41-4/h5-12,14-17,30-31H,13H2,1-4H3. The summed E-state index contributed by atoms with van der Waals surface area (Å²) < 4.78 is 106. The van der Waals surface area contributed by atoms with E-state index in [9.17, 15) is 25.3 Å². The molecule has 232 valence electrons. The second-order valence-electron chi connectivity index (χ2n) is 9.57. The van der Waals surface area contributed by atoms with Crippen LogP contribution >= 0.6 is 0 Å². The lowest BCUT2D eigenvalue weighted by atomic mass is 10.0. The number of benzene rings is 4. The maximum absolute atomic E-state index is 13.8. The smallest absolute Gasteiger partial charge is 0.265 e. The van der Waals surface area contributed by atoms with Gasteiger partial charge in [0.1, 0.15) is 32.8 Å². The Morgan fingerprint density at radius 2 is 0.977 bits per heavy atom. The molecule has 12 nitrogen and oxygen atoms in total. The normalized spacial score (nSPS) is 13.6. The molecule has 15 heteroatoms. The highest BCUT2D eigenvalue weighted by Crippen LogP contribution is 2.39. The molecule has 0 saturated carbocycles. The minimum atomic E-state index is -4.22. The highest BCUT2D eigenvalue weighted by atomic mass is 32.2. The number of anilines is 2. The molecule has 0 atom stereocenters. The summed E-state index contributed by atoms with van der Waals surface area (Å²) in [6.07, 6.45) is 0.220. The minimum Gasteiger partial charge on any atom is -0.497 e. The van der Waals surface area contributed by atoms with Gasteiger partial charge in [-0.15, -0.1) is 0 Å². The van der Waals surface area contributed by atoms with E-state index in [2.05, 4.69) is 9.44 Å². The van der Waals surface area contributed by atoms with Crippen LogP contribution in [0.15, 0.2) is 92.4 Å². The maximum atomic E-state index is 13.8. The van der Waals surface area contributed by atoms with Gasteiger partial charge in [0.2, 0.25) is 9.84 Å². The van der Waals surface area contributed by atoms with Crippen LogP contribution in [0.5, 0.6) is 23.0 Å². The van der Waals surface area contributed by atoms with E-state index < -0.39 is 29.9 Å². The molecule has 0 bridgehead atoms. The molecular formula is C29H28N2O10S3. The fraction of sp³-hybridized carbons (Fsp3) is 0.172. The zero-order chi connectivity index (χ0) is 31.9. The Labute approximate surface area is 255 Å². The van der Waals surface area contributed by atoms with Crippen molar-refractivity contribution in [3.05, 3.63) is 83.9 Å². The van der Waals surface area contributed by atoms with Crippen LogP contribution in [-0.2, 0) is 36.3 Å². The first-order chi connectivity index (χ1) is 20.8. The topological polar surface area (TPSA) is 163 Å². The molecule has 0 unspecified atom stereocenters. The highest BCUT2D eigenvalue weighted by Gasteiger charge is 2.32. The zero-order valence-corrected chi connectivity index (χ0v) is 26.4. The number of hydrogen-bond acceptors (Lipinski definition) is 10. The number of methoxy groups -OCH3 is 4. The average Bonchev–Trinajstić information content (AvgIpc) is 3.00. The third-order valence-electron chi connectivity index (χ3n) is 6.92. The molecule has 0 spiro atoms. The Bertz CT molecular complexity index is 1950. The Morgan fingerprint density at radius 3 is 1.34 bits per heavy atom. The summed E-state index contributed by atoms with van der Waals surface area (Å²) in [7, 11) is -7.20. The van der Waals surface area contributed by atoms with Crippen molar-refractivity contribution in [3.63, 3.8) is 0 Å². The number of sulfonamides is 2. The van der Waals surface area contributed by atoms with Crippen molar-refractivity contribution in [3.8, 4) is 23.0 Å². The molecule has 2 N–H and O–H groups in total.